The number of aryl methyl sites for hydroxylation is 2. The summed E-state index contributed by atoms with van der Waals surface area (Å²) in [5.41, 5.74) is 3.67. The van der Waals surface area contributed by atoms with Gasteiger partial charge in [-0.05, 0) is 31.0 Å². The molecule has 2 rings (SSSR count). The first-order chi connectivity index (χ1) is 9.10. The number of hydrogen-bond acceptors (Lipinski definition) is 4. The van der Waals surface area contributed by atoms with Crippen molar-refractivity contribution in [3.05, 3.63) is 52.8 Å². The maximum atomic E-state index is 8.94. The lowest BCUT2D eigenvalue weighted by molar-refractivity contribution is 0.851. The van der Waals surface area contributed by atoms with E-state index in [0.717, 1.165) is 12.2 Å². The molecule has 0 aliphatic carbocycles. The van der Waals surface area contributed by atoms with Gasteiger partial charge in [-0.3, -0.25) is 0 Å². The van der Waals surface area contributed by atoms with Crippen molar-refractivity contribution in [1.29, 1.82) is 5.26 Å². The molecule has 0 fully saturated rings. The highest BCUT2D eigenvalue weighted by atomic mass is 15.2. The molecule has 0 saturated carbocycles. The van der Waals surface area contributed by atoms with Gasteiger partial charge in [0, 0.05) is 19.3 Å². The van der Waals surface area contributed by atoms with Gasteiger partial charge in [0.25, 0.3) is 0 Å². The Bertz CT molecular complexity index is 628. The first-order valence-electron chi connectivity index (χ1n) is 6.11. The second-order valence-corrected chi connectivity index (χ2v) is 4.59. The fraction of sp³-hybridized carbons (Fsp3) is 0.267. The summed E-state index contributed by atoms with van der Waals surface area (Å²) in [5, 5.41) is 8.94. The molecule has 4 heteroatoms. The van der Waals surface area contributed by atoms with Crippen molar-refractivity contribution in [2.75, 3.05) is 11.9 Å². The fourth-order valence-corrected chi connectivity index (χ4v) is 1.89. The highest BCUT2D eigenvalue weighted by Crippen LogP contribution is 2.14. The summed E-state index contributed by atoms with van der Waals surface area (Å²) in [4.78, 5) is 10.6. The van der Waals surface area contributed by atoms with Crippen LogP contribution in [0, 0.1) is 25.2 Å². The van der Waals surface area contributed by atoms with Crippen LogP contribution in [0.3, 0.4) is 0 Å². The molecule has 96 valence electrons. The Kier molecular flexibility index (Phi) is 3.76. The molecule has 1 aromatic carbocycles. The highest BCUT2D eigenvalue weighted by molar-refractivity contribution is 5.37. The molecular weight excluding hydrogens is 236 g/mol. The van der Waals surface area contributed by atoms with Gasteiger partial charge in [-0.25, -0.2) is 9.97 Å². The lowest BCUT2D eigenvalue weighted by Crippen LogP contribution is -2.20. The third-order valence-electron chi connectivity index (χ3n) is 2.97. The van der Waals surface area contributed by atoms with Gasteiger partial charge in [-0.15, -0.1) is 0 Å². The molecule has 0 amide bonds. The first kappa shape index (κ1) is 13.0. The van der Waals surface area contributed by atoms with Crippen LogP contribution in [-0.2, 0) is 6.54 Å². The molecule has 0 saturated heterocycles. The van der Waals surface area contributed by atoms with Crippen molar-refractivity contribution in [3.8, 4) is 6.07 Å². The molecular formula is C15H16N4. The van der Waals surface area contributed by atoms with Gasteiger partial charge < -0.3 is 4.90 Å². The van der Waals surface area contributed by atoms with Crippen molar-refractivity contribution in [1.82, 2.24) is 9.97 Å². The van der Waals surface area contributed by atoms with Crippen LogP contribution in [0.15, 0.2) is 30.3 Å². The zero-order chi connectivity index (χ0) is 13.8. The Balaban J connectivity index is 2.26. The summed E-state index contributed by atoms with van der Waals surface area (Å²) in [6.45, 7) is 4.68. The lowest BCUT2D eigenvalue weighted by atomic mass is 10.1. The van der Waals surface area contributed by atoms with E-state index >= 15 is 0 Å². The molecule has 0 radical (unpaired) electrons. The first-order valence-corrected chi connectivity index (χ1v) is 6.11. The normalized spacial score (nSPS) is 10.0. The van der Waals surface area contributed by atoms with E-state index in [1.54, 1.807) is 6.07 Å². The van der Waals surface area contributed by atoms with Gasteiger partial charge in [-0.1, -0.05) is 24.3 Å². The van der Waals surface area contributed by atoms with Gasteiger partial charge in [0.15, 0.2) is 0 Å². The summed E-state index contributed by atoms with van der Waals surface area (Å²) in [6, 6.07) is 12.0. The van der Waals surface area contributed by atoms with Crippen molar-refractivity contribution in [2.45, 2.75) is 20.4 Å². The van der Waals surface area contributed by atoms with Crippen LogP contribution < -0.4 is 4.90 Å². The van der Waals surface area contributed by atoms with Crippen LogP contribution in [0.1, 0.15) is 22.5 Å². The monoisotopic (exact) mass is 252 g/mol. The van der Waals surface area contributed by atoms with Crippen molar-refractivity contribution < 1.29 is 0 Å². The van der Waals surface area contributed by atoms with Gasteiger partial charge >= 0.3 is 0 Å². The number of nitriles is 1. The summed E-state index contributed by atoms with van der Waals surface area (Å²) in [6.07, 6.45) is 0. The third-order valence-corrected chi connectivity index (χ3v) is 2.97. The predicted molar refractivity (Wildman–Crippen MR) is 74.8 cm³/mol. The van der Waals surface area contributed by atoms with E-state index in [1.807, 2.05) is 31.0 Å². The molecule has 19 heavy (non-hydrogen) atoms. The van der Waals surface area contributed by atoms with Gasteiger partial charge in [0.2, 0.25) is 5.95 Å². The minimum Gasteiger partial charge on any atom is -0.340 e. The maximum Gasteiger partial charge on any atom is 0.226 e. The van der Waals surface area contributed by atoms with Crippen molar-refractivity contribution in [3.63, 3.8) is 0 Å². The Labute approximate surface area is 113 Å². The quantitative estimate of drug-likeness (QED) is 0.842. The van der Waals surface area contributed by atoms with Crippen LogP contribution in [0.4, 0.5) is 5.95 Å². The molecule has 4 nitrogen and oxygen atoms in total. The van der Waals surface area contributed by atoms with Crippen LogP contribution in [0.2, 0.25) is 0 Å². The topological polar surface area (TPSA) is 52.8 Å². The Morgan fingerprint density at radius 2 is 1.95 bits per heavy atom. The summed E-state index contributed by atoms with van der Waals surface area (Å²) >= 11 is 0. The number of hydrogen-bond donors (Lipinski definition) is 0. The predicted octanol–water partition coefficient (Wildman–Crippen LogP) is 2.60. The van der Waals surface area contributed by atoms with E-state index in [-0.39, 0.29) is 0 Å². The number of anilines is 1. The number of aromatic nitrogens is 2. The van der Waals surface area contributed by atoms with Crippen LogP contribution in [0.5, 0.6) is 0 Å². The zero-order valence-electron chi connectivity index (χ0n) is 11.4. The van der Waals surface area contributed by atoms with E-state index in [9.17, 15) is 0 Å². The van der Waals surface area contributed by atoms with E-state index in [0.29, 0.717) is 11.6 Å². The molecule has 0 aliphatic rings. The van der Waals surface area contributed by atoms with E-state index in [1.165, 1.54) is 11.1 Å². The largest absolute Gasteiger partial charge is 0.340 e. The second-order valence-electron chi connectivity index (χ2n) is 4.59. The molecule has 1 heterocycles. The zero-order valence-corrected chi connectivity index (χ0v) is 11.4. The van der Waals surface area contributed by atoms with Gasteiger partial charge in [-0.2, -0.15) is 5.26 Å². The highest BCUT2D eigenvalue weighted by Gasteiger charge is 2.09. The lowest BCUT2D eigenvalue weighted by Gasteiger charge is -2.18. The van der Waals surface area contributed by atoms with Crippen LogP contribution in [-0.4, -0.2) is 17.0 Å². The Morgan fingerprint density at radius 1 is 1.21 bits per heavy atom. The third kappa shape index (κ3) is 3.08. The summed E-state index contributed by atoms with van der Waals surface area (Å²) < 4.78 is 0. The van der Waals surface area contributed by atoms with Crippen molar-refractivity contribution in [2.24, 2.45) is 0 Å². The second kappa shape index (κ2) is 5.49. The number of nitrogens with zero attached hydrogens (tertiary/aromatic N) is 4. The van der Waals surface area contributed by atoms with E-state index in [4.69, 9.17) is 5.26 Å². The maximum absolute atomic E-state index is 8.94. The smallest absolute Gasteiger partial charge is 0.226 e. The molecule has 0 bridgehead atoms. The van der Waals surface area contributed by atoms with Crippen molar-refractivity contribution >= 4 is 5.95 Å². The molecule has 2 aromatic rings. The summed E-state index contributed by atoms with van der Waals surface area (Å²) in [7, 11) is 1.93. The molecule has 0 atom stereocenters. The molecule has 0 aliphatic heterocycles. The Hall–Kier alpha value is -2.41. The number of rotatable bonds is 3. The number of benzene rings is 1. The van der Waals surface area contributed by atoms with Gasteiger partial charge in [0.05, 0.1) is 0 Å². The van der Waals surface area contributed by atoms with Crippen LogP contribution in [0.25, 0.3) is 0 Å². The fourth-order valence-electron chi connectivity index (χ4n) is 1.89. The Morgan fingerprint density at radius 3 is 2.63 bits per heavy atom. The van der Waals surface area contributed by atoms with Crippen LogP contribution >= 0.6 is 0 Å². The minimum atomic E-state index is 0.402. The average Bonchev–Trinajstić information content (AvgIpc) is 2.40. The standard InChI is InChI=1S/C15H16N4/c1-11-6-4-5-7-13(11)10-19(3)15-17-12(2)8-14(9-16)18-15/h4-8H,10H2,1-3H3. The molecule has 1 aromatic heterocycles. The SMILES string of the molecule is Cc1cc(C#N)nc(N(C)Cc2ccccc2C)n1. The summed E-state index contributed by atoms with van der Waals surface area (Å²) in [5.74, 6) is 0.583. The molecule has 0 spiro atoms. The molecule has 0 unspecified atom stereocenters. The molecule has 0 N–H and O–H groups in total. The van der Waals surface area contributed by atoms with E-state index < -0.39 is 0 Å². The van der Waals surface area contributed by atoms with Gasteiger partial charge in [0.1, 0.15) is 11.8 Å². The van der Waals surface area contributed by atoms with E-state index in [2.05, 4.69) is 35.1 Å². The minimum absolute atomic E-state index is 0.402. The average molecular weight is 252 g/mol.